The Bertz CT molecular complexity index is 698. The molecular formula is C21H22F2. The molecule has 0 heterocycles. The molecule has 1 atom stereocenters. The molecule has 0 fully saturated rings. The summed E-state index contributed by atoms with van der Waals surface area (Å²) in [5, 5.41) is 0. The zero-order valence-corrected chi connectivity index (χ0v) is 13.5. The van der Waals surface area contributed by atoms with Gasteiger partial charge < -0.3 is 0 Å². The Labute approximate surface area is 136 Å². The molecule has 0 nitrogen and oxygen atoms in total. The molecule has 0 aliphatic heterocycles. The van der Waals surface area contributed by atoms with E-state index in [-0.39, 0.29) is 0 Å². The molecule has 0 amide bonds. The fourth-order valence-electron chi connectivity index (χ4n) is 3.34. The predicted molar refractivity (Wildman–Crippen MR) is 91.4 cm³/mol. The van der Waals surface area contributed by atoms with Gasteiger partial charge in [0.05, 0.1) is 0 Å². The second-order valence-electron chi connectivity index (χ2n) is 6.32. The Morgan fingerprint density at radius 2 is 1.78 bits per heavy atom. The number of allylic oxidation sites excluding steroid dienone is 2. The van der Waals surface area contributed by atoms with Crippen LogP contribution in [0.3, 0.4) is 0 Å². The minimum Gasteiger partial charge on any atom is -0.204 e. The van der Waals surface area contributed by atoms with Crippen molar-refractivity contribution in [3.05, 3.63) is 76.9 Å². The Kier molecular flexibility index (Phi) is 4.90. The van der Waals surface area contributed by atoms with E-state index in [4.69, 9.17) is 0 Å². The zero-order chi connectivity index (χ0) is 16.2. The van der Waals surface area contributed by atoms with Gasteiger partial charge in [-0.25, -0.2) is 8.78 Å². The second kappa shape index (κ2) is 7.08. The van der Waals surface area contributed by atoms with Gasteiger partial charge in [0, 0.05) is 0 Å². The summed E-state index contributed by atoms with van der Waals surface area (Å²) in [6, 6.07) is 13.1. The topological polar surface area (TPSA) is 0 Å². The Morgan fingerprint density at radius 3 is 2.39 bits per heavy atom. The van der Waals surface area contributed by atoms with Crippen molar-refractivity contribution in [2.45, 2.75) is 44.9 Å². The van der Waals surface area contributed by atoms with Gasteiger partial charge in [-0.15, -0.1) is 0 Å². The van der Waals surface area contributed by atoms with Crippen LogP contribution < -0.4 is 0 Å². The largest absolute Gasteiger partial charge is 0.204 e. The van der Waals surface area contributed by atoms with Gasteiger partial charge in [0.25, 0.3) is 0 Å². The quantitative estimate of drug-likeness (QED) is 0.624. The Morgan fingerprint density at radius 1 is 1.00 bits per heavy atom. The highest BCUT2D eigenvalue weighted by atomic mass is 19.2. The number of hydrogen-bond acceptors (Lipinski definition) is 0. The molecule has 2 heteroatoms. The van der Waals surface area contributed by atoms with Crippen molar-refractivity contribution in [3.8, 4) is 0 Å². The molecule has 0 radical (unpaired) electrons. The minimum absolute atomic E-state index is 0.528. The van der Waals surface area contributed by atoms with E-state index in [9.17, 15) is 8.78 Å². The fourth-order valence-corrected chi connectivity index (χ4v) is 3.34. The van der Waals surface area contributed by atoms with Gasteiger partial charge in [0.1, 0.15) is 0 Å². The monoisotopic (exact) mass is 312 g/mol. The van der Waals surface area contributed by atoms with Crippen LogP contribution in [0.15, 0.2) is 48.5 Å². The van der Waals surface area contributed by atoms with E-state index >= 15 is 0 Å². The normalized spacial score (nSPS) is 17.9. The van der Waals surface area contributed by atoms with Crippen LogP contribution >= 0.6 is 0 Å². The van der Waals surface area contributed by atoms with E-state index in [1.165, 1.54) is 29.7 Å². The predicted octanol–water partition coefficient (Wildman–Crippen LogP) is 6.27. The van der Waals surface area contributed by atoms with Crippen molar-refractivity contribution in [3.63, 3.8) is 0 Å². The van der Waals surface area contributed by atoms with E-state index in [0.29, 0.717) is 5.92 Å². The van der Waals surface area contributed by atoms with E-state index in [2.05, 4.69) is 37.3 Å². The highest BCUT2D eigenvalue weighted by molar-refractivity contribution is 5.66. The first-order chi connectivity index (χ1) is 11.2. The van der Waals surface area contributed by atoms with Crippen LogP contribution in [-0.2, 0) is 6.42 Å². The van der Waals surface area contributed by atoms with Gasteiger partial charge >= 0.3 is 0 Å². The van der Waals surface area contributed by atoms with E-state index in [0.717, 1.165) is 36.8 Å². The molecule has 0 aromatic heterocycles. The molecule has 0 saturated carbocycles. The van der Waals surface area contributed by atoms with Gasteiger partial charge in [-0.05, 0) is 66.0 Å². The highest BCUT2D eigenvalue weighted by Crippen LogP contribution is 2.36. The molecule has 1 aliphatic carbocycles. The lowest BCUT2D eigenvalue weighted by atomic mass is 9.82. The van der Waals surface area contributed by atoms with Crippen LogP contribution in [0, 0.1) is 11.6 Å². The van der Waals surface area contributed by atoms with Gasteiger partial charge in [-0.2, -0.15) is 0 Å². The van der Waals surface area contributed by atoms with Gasteiger partial charge in [-0.1, -0.05) is 49.8 Å². The molecule has 1 aliphatic rings. The van der Waals surface area contributed by atoms with Crippen LogP contribution in [0.2, 0.25) is 0 Å². The number of halogens is 2. The van der Waals surface area contributed by atoms with Crippen LogP contribution in [0.5, 0.6) is 0 Å². The molecule has 0 saturated heterocycles. The lowest BCUT2D eigenvalue weighted by Crippen LogP contribution is -2.04. The molecule has 0 spiro atoms. The molecule has 0 N–H and O–H groups in total. The molecule has 1 unspecified atom stereocenters. The third-order valence-corrected chi connectivity index (χ3v) is 4.69. The van der Waals surface area contributed by atoms with Crippen LogP contribution in [0.25, 0.3) is 5.57 Å². The molecule has 2 aromatic rings. The number of rotatable bonds is 4. The summed E-state index contributed by atoms with van der Waals surface area (Å²) in [6.45, 7) is 2.19. The minimum atomic E-state index is -0.782. The van der Waals surface area contributed by atoms with Crippen molar-refractivity contribution >= 4 is 5.57 Å². The Hall–Kier alpha value is -1.96. The van der Waals surface area contributed by atoms with Gasteiger partial charge in [0.15, 0.2) is 11.6 Å². The first kappa shape index (κ1) is 15.9. The average molecular weight is 312 g/mol. The van der Waals surface area contributed by atoms with E-state index in [1.54, 1.807) is 6.07 Å². The maximum atomic E-state index is 13.4. The third-order valence-electron chi connectivity index (χ3n) is 4.69. The number of aryl methyl sites for hydroxylation is 1. The Balaban J connectivity index is 1.71. The molecular weight excluding hydrogens is 290 g/mol. The SMILES string of the molecule is CCCc1ccc(C2CC=C(c3ccc(F)c(F)c3)CC2)cc1. The maximum Gasteiger partial charge on any atom is 0.159 e. The molecule has 120 valence electrons. The fraction of sp³-hybridized carbons (Fsp3) is 0.333. The summed E-state index contributed by atoms with van der Waals surface area (Å²) in [4.78, 5) is 0. The molecule has 2 aromatic carbocycles. The summed E-state index contributed by atoms with van der Waals surface area (Å²) >= 11 is 0. The number of hydrogen-bond donors (Lipinski definition) is 0. The van der Waals surface area contributed by atoms with Crippen LogP contribution in [-0.4, -0.2) is 0 Å². The summed E-state index contributed by atoms with van der Waals surface area (Å²) in [5.74, 6) is -1.02. The first-order valence-electron chi connectivity index (χ1n) is 8.40. The lowest BCUT2D eigenvalue weighted by molar-refractivity contribution is 0.508. The van der Waals surface area contributed by atoms with Crippen LogP contribution in [0.1, 0.15) is 55.2 Å². The highest BCUT2D eigenvalue weighted by Gasteiger charge is 2.17. The van der Waals surface area contributed by atoms with E-state index in [1.807, 2.05) is 0 Å². The lowest BCUT2D eigenvalue weighted by Gasteiger charge is -2.23. The summed E-state index contributed by atoms with van der Waals surface area (Å²) in [7, 11) is 0. The smallest absolute Gasteiger partial charge is 0.159 e. The third kappa shape index (κ3) is 3.69. The van der Waals surface area contributed by atoms with Gasteiger partial charge in [0.2, 0.25) is 0 Å². The first-order valence-corrected chi connectivity index (χ1v) is 8.40. The van der Waals surface area contributed by atoms with Gasteiger partial charge in [-0.3, -0.25) is 0 Å². The zero-order valence-electron chi connectivity index (χ0n) is 13.5. The van der Waals surface area contributed by atoms with Crippen molar-refractivity contribution < 1.29 is 8.78 Å². The van der Waals surface area contributed by atoms with Crippen molar-refractivity contribution in [1.29, 1.82) is 0 Å². The molecule has 23 heavy (non-hydrogen) atoms. The van der Waals surface area contributed by atoms with Crippen molar-refractivity contribution in [1.82, 2.24) is 0 Å². The van der Waals surface area contributed by atoms with E-state index < -0.39 is 11.6 Å². The number of benzene rings is 2. The summed E-state index contributed by atoms with van der Waals surface area (Å²) in [5.41, 5.74) is 4.71. The standard InChI is InChI=1S/C21H22F2/c1-2-3-15-4-6-16(7-5-15)17-8-10-18(11-9-17)19-12-13-20(22)21(23)14-19/h4-7,10,12-14,17H,2-3,8-9,11H2,1H3. The maximum absolute atomic E-state index is 13.4. The second-order valence-corrected chi connectivity index (χ2v) is 6.32. The molecule has 3 rings (SSSR count). The van der Waals surface area contributed by atoms with Crippen molar-refractivity contribution in [2.75, 3.05) is 0 Å². The average Bonchev–Trinajstić information content (AvgIpc) is 2.59. The molecule has 0 bridgehead atoms. The van der Waals surface area contributed by atoms with Crippen LogP contribution in [0.4, 0.5) is 8.78 Å². The summed E-state index contributed by atoms with van der Waals surface area (Å²) < 4.78 is 26.4. The van der Waals surface area contributed by atoms with Crippen molar-refractivity contribution in [2.24, 2.45) is 0 Å². The summed E-state index contributed by atoms with van der Waals surface area (Å²) in [6.07, 6.45) is 7.40.